The fourth-order valence-corrected chi connectivity index (χ4v) is 0.916. The minimum absolute atomic E-state index is 0.243. The second-order valence-corrected chi connectivity index (χ2v) is 2.70. The zero-order valence-corrected chi connectivity index (χ0v) is 7.58. The fourth-order valence-electron chi connectivity index (χ4n) is 0.744. The maximum absolute atomic E-state index is 10.4. The van der Waals surface area contributed by atoms with E-state index in [4.69, 9.17) is 17.3 Å². The van der Waals surface area contributed by atoms with Gasteiger partial charge in [-0.2, -0.15) is 0 Å². The first-order chi connectivity index (χ1) is 6.20. The highest BCUT2D eigenvalue weighted by molar-refractivity contribution is 6.31. The van der Waals surface area contributed by atoms with Crippen LogP contribution in [0, 0.1) is 0 Å². The van der Waals surface area contributed by atoms with Crippen LogP contribution in [0.4, 0.5) is 5.82 Å². The van der Waals surface area contributed by atoms with Crippen LogP contribution in [-0.4, -0.2) is 22.4 Å². The zero-order chi connectivity index (χ0) is 9.68. The van der Waals surface area contributed by atoms with Crippen molar-refractivity contribution in [3.05, 3.63) is 17.5 Å². The van der Waals surface area contributed by atoms with E-state index in [1.165, 1.54) is 12.4 Å². The first-order valence-electron chi connectivity index (χ1n) is 3.69. The summed E-state index contributed by atoms with van der Waals surface area (Å²) in [6.07, 6.45) is 3.24. The third-order valence-electron chi connectivity index (χ3n) is 1.32. The number of carbonyl (C=O) groups excluding carboxylic acids is 1. The van der Waals surface area contributed by atoms with Crippen molar-refractivity contribution in [2.24, 2.45) is 5.73 Å². The Morgan fingerprint density at radius 2 is 2.23 bits per heavy atom. The van der Waals surface area contributed by atoms with Crippen LogP contribution < -0.4 is 11.1 Å². The van der Waals surface area contributed by atoms with E-state index in [1.807, 2.05) is 0 Å². The molecular formula is C7H9ClN4O. The van der Waals surface area contributed by atoms with Gasteiger partial charge in [0.1, 0.15) is 0 Å². The fraction of sp³-hybridized carbons (Fsp3) is 0.286. The first kappa shape index (κ1) is 9.73. The van der Waals surface area contributed by atoms with E-state index in [9.17, 15) is 4.79 Å². The molecule has 6 heteroatoms. The van der Waals surface area contributed by atoms with Gasteiger partial charge in [-0.15, -0.1) is 0 Å². The van der Waals surface area contributed by atoms with E-state index in [0.717, 1.165) is 0 Å². The monoisotopic (exact) mass is 200 g/mol. The lowest BCUT2D eigenvalue weighted by Gasteiger charge is -2.03. The van der Waals surface area contributed by atoms with Gasteiger partial charge in [-0.3, -0.25) is 4.79 Å². The van der Waals surface area contributed by atoms with E-state index in [-0.39, 0.29) is 17.5 Å². The zero-order valence-electron chi connectivity index (χ0n) is 6.83. The van der Waals surface area contributed by atoms with Crippen LogP contribution in [-0.2, 0) is 4.79 Å². The summed E-state index contributed by atoms with van der Waals surface area (Å²) in [4.78, 5) is 18.1. The summed E-state index contributed by atoms with van der Waals surface area (Å²) in [5.74, 6) is 0.0953. The molecule has 0 bridgehead atoms. The average molecular weight is 201 g/mol. The highest BCUT2D eigenvalue weighted by Gasteiger charge is 2.00. The molecule has 0 spiro atoms. The molecule has 70 valence electrons. The molecule has 0 saturated carbocycles. The van der Waals surface area contributed by atoms with Crippen molar-refractivity contribution < 1.29 is 4.79 Å². The van der Waals surface area contributed by atoms with Gasteiger partial charge in [0.2, 0.25) is 5.91 Å². The standard InChI is InChI=1S/C7H9ClN4O/c8-6-7(12-4-3-10-6)11-2-1-5(9)13/h3-4H,1-2H2,(H2,9,13)(H,11,12). The number of hydrogen-bond donors (Lipinski definition) is 2. The van der Waals surface area contributed by atoms with Crippen molar-refractivity contribution in [2.45, 2.75) is 6.42 Å². The Labute approximate surface area is 80.3 Å². The van der Waals surface area contributed by atoms with Gasteiger partial charge in [0.25, 0.3) is 0 Å². The molecular weight excluding hydrogens is 192 g/mol. The second-order valence-electron chi connectivity index (χ2n) is 2.34. The van der Waals surface area contributed by atoms with E-state index in [1.54, 1.807) is 0 Å². The molecule has 1 aromatic heterocycles. The van der Waals surface area contributed by atoms with Crippen molar-refractivity contribution in [1.29, 1.82) is 0 Å². The van der Waals surface area contributed by atoms with Crippen LogP contribution in [0.1, 0.15) is 6.42 Å². The number of hydrogen-bond acceptors (Lipinski definition) is 4. The number of aromatic nitrogens is 2. The molecule has 1 heterocycles. The number of nitrogens with two attached hydrogens (primary N) is 1. The van der Waals surface area contributed by atoms with Gasteiger partial charge < -0.3 is 11.1 Å². The summed E-state index contributed by atoms with van der Waals surface area (Å²) < 4.78 is 0. The summed E-state index contributed by atoms with van der Waals surface area (Å²) in [6, 6.07) is 0. The largest absolute Gasteiger partial charge is 0.370 e. The number of halogens is 1. The van der Waals surface area contributed by atoms with Gasteiger partial charge in [-0.05, 0) is 0 Å². The van der Waals surface area contributed by atoms with Crippen LogP contribution in [0.5, 0.6) is 0 Å². The Balaban J connectivity index is 2.45. The molecule has 0 aromatic carbocycles. The number of nitrogens with one attached hydrogen (secondary N) is 1. The molecule has 0 unspecified atom stereocenters. The molecule has 0 aliphatic heterocycles. The van der Waals surface area contributed by atoms with Crippen LogP contribution in [0.2, 0.25) is 5.15 Å². The van der Waals surface area contributed by atoms with Gasteiger partial charge in [0, 0.05) is 25.4 Å². The minimum atomic E-state index is -0.368. The Hall–Kier alpha value is -1.36. The molecule has 3 N–H and O–H groups in total. The van der Waals surface area contributed by atoms with Gasteiger partial charge in [0.15, 0.2) is 11.0 Å². The van der Waals surface area contributed by atoms with Crippen molar-refractivity contribution in [3.8, 4) is 0 Å². The molecule has 0 fully saturated rings. The number of primary amides is 1. The summed E-state index contributed by atoms with van der Waals surface area (Å²) in [6.45, 7) is 0.410. The highest BCUT2D eigenvalue weighted by Crippen LogP contribution is 2.13. The van der Waals surface area contributed by atoms with Crippen LogP contribution in [0.15, 0.2) is 12.4 Å². The van der Waals surface area contributed by atoms with Gasteiger partial charge in [-0.25, -0.2) is 9.97 Å². The van der Waals surface area contributed by atoms with Crippen molar-refractivity contribution in [2.75, 3.05) is 11.9 Å². The third-order valence-corrected chi connectivity index (χ3v) is 1.59. The number of nitrogens with zero attached hydrogens (tertiary/aromatic N) is 2. The molecule has 0 aliphatic carbocycles. The molecule has 13 heavy (non-hydrogen) atoms. The Morgan fingerprint density at radius 1 is 1.54 bits per heavy atom. The van der Waals surface area contributed by atoms with Gasteiger partial charge >= 0.3 is 0 Å². The third kappa shape index (κ3) is 3.25. The summed E-state index contributed by atoms with van der Waals surface area (Å²) >= 11 is 5.69. The predicted octanol–water partition coefficient (Wildman–Crippen LogP) is 0.417. The van der Waals surface area contributed by atoms with Crippen LogP contribution in [0.25, 0.3) is 0 Å². The molecule has 5 nitrogen and oxygen atoms in total. The maximum Gasteiger partial charge on any atom is 0.219 e. The van der Waals surface area contributed by atoms with Crippen LogP contribution in [0.3, 0.4) is 0 Å². The molecule has 1 aromatic rings. The lowest BCUT2D eigenvalue weighted by Crippen LogP contribution is -2.16. The SMILES string of the molecule is NC(=O)CCNc1nccnc1Cl. The van der Waals surface area contributed by atoms with E-state index >= 15 is 0 Å². The lowest BCUT2D eigenvalue weighted by atomic mass is 10.4. The molecule has 0 aliphatic rings. The normalized spacial score (nSPS) is 9.62. The Bertz CT molecular complexity index is 304. The molecule has 1 amide bonds. The maximum atomic E-state index is 10.4. The molecule has 0 saturated heterocycles. The highest BCUT2D eigenvalue weighted by atomic mass is 35.5. The number of carbonyl (C=O) groups is 1. The summed E-state index contributed by atoms with van der Waals surface area (Å²) in [5.41, 5.74) is 4.95. The lowest BCUT2D eigenvalue weighted by molar-refractivity contribution is -0.117. The predicted molar refractivity (Wildman–Crippen MR) is 49.3 cm³/mol. The molecule has 0 radical (unpaired) electrons. The van der Waals surface area contributed by atoms with Crippen LogP contribution >= 0.6 is 11.6 Å². The second kappa shape index (κ2) is 4.61. The number of amides is 1. The average Bonchev–Trinajstić information content (AvgIpc) is 2.08. The van der Waals surface area contributed by atoms with E-state index < -0.39 is 0 Å². The van der Waals surface area contributed by atoms with E-state index in [2.05, 4.69) is 15.3 Å². The van der Waals surface area contributed by atoms with Gasteiger partial charge in [0.05, 0.1) is 0 Å². The van der Waals surface area contributed by atoms with Gasteiger partial charge in [-0.1, -0.05) is 11.6 Å². The summed E-state index contributed by atoms with van der Waals surface area (Å²) in [7, 11) is 0. The topological polar surface area (TPSA) is 80.9 Å². The molecule has 0 atom stereocenters. The van der Waals surface area contributed by atoms with Crippen molar-refractivity contribution in [3.63, 3.8) is 0 Å². The number of anilines is 1. The minimum Gasteiger partial charge on any atom is -0.370 e. The van der Waals surface area contributed by atoms with E-state index in [0.29, 0.717) is 12.4 Å². The Morgan fingerprint density at radius 3 is 2.85 bits per heavy atom. The quantitative estimate of drug-likeness (QED) is 0.738. The van der Waals surface area contributed by atoms with Crippen molar-refractivity contribution in [1.82, 2.24) is 9.97 Å². The Kier molecular flexibility index (Phi) is 3.45. The smallest absolute Gasteiger partial charge is 0.219 e. The summed E-state index contributed by atoms with van der Waals surface area (Å²) in [5, 5.41) is 3.12. The van der Waals surface area contributed by atoms with Crippen molar-refractivity contribution >= 4 is 23.3 Å². The molecule has 1 rings (SSSR count). The first-order valence-corrected chi connectivity index (χ1v) is 4.06. The number of rotatable bonds is 4.